The molecule has 0 bridgehead atoms. The highest BCUT2D eigenvalue weighted by Crippen LogP contribution is 2.31. The minimum Gasteiger partial charge on any atom is -0.335 e. The Morgan fingerprint density at radius 3 is 3.22 bits per heavy atom. The Morgan fingerprint density at radius 1 is 1.48 bits per heavy atom. The Hall–Kier alpha value is -1.93. The number of carbonyl (C=O) groups excluding carboxylic acids is 1. The van der Waals surface area contributed by atoms with Gasteiger partial charge in [-0.2, -0.15) is 5.10 Å². The number of rotatable bonds is 3. The van der Waals surface area contributed by atoms with E-state index in [-0.39, 0.29) is 11.8 Å². The lowest BCUT2D eigenvalue weighted by Crippen LogP contribution is -2.30. The molecule has 0 spiro atoms. The van der Waals surface area contributed by atoms with E-state index in [1.54, 1.807) is 11.3 Å². The Morgan fingerprint density at radius 2 is 2.39 bits per heavy atom. The van der Waals surface area contributed by atoms with Crippen molar-refractivity contribution in [2.75, 3.05) is 5.32 Å². The maximum Gasteiger partial charge on any atom is 0.229 e. The Bertz CT molecular complexity index is 852. The summed E-state index contributed by atoms with van der Waals surface area (Å²) in [5.74, 6) is 0.548. The summed E-state index contributed by atoms with van der Waals surface area (Å²) >= 11 is 5.06. The number of aromatic amines is 1. The summed E-state index contributed by atoms with van der Waals surface area (Å²) in [4.78, 5) is 17.7. The zero-order valence-electron chi connectivity index (χ0n) is 12.1. The molecular formula is C15H14BrN5OS. The maximum absolute atomic E-state index is 12.4. The average Bonchev–Trinajstić information content (AvgIpc) is 3.26. The number of carbonyl (C=O) groups is 1. The first-order valence-electron chi connectivity index (χ1n) is 7.30. The second-order valence-corrected chi connectivity index (χ2v) is 7.99. The number of nitrogens with zero attached hydrogens (tertiary/aromatic N) is 3. The Balaban J connectivity index is 1.44. The standard InChI is InChI=1S/C15H14BrN5OS/c16-13-2-1-12(23-13)11-6-14(20-19-11)18-15(22)9-3-4-21-8-17-7-10(21)5-9/h1-2,6-9H,3-5H2,(H2,18,19,20,22)/t9-/m0/s1. The number of halogens is 1. The highest BCUT2D eigenvalue weighted by molar-refractivity contribution is 9.11. The van der Waals surface area contributed by atoms with Gasteiger partial charge in [-0.05, 0) is 34.5 Å². The number of nitrogens with one attached hydrogen (secondary N) is 2. The van der Waals surface area contributed by atoms with Gasteiger partial charge in [0.15, 0.2) is 5.82 Å². The Labute approximate surface area is 145 Å². The van der Waals surface area contributed by atoms with Gasteiger partial charge in [0.05, 0.1) is 20.7 Å². The van der Waals surface area contributed by atoms with Gasteiger partial charge in [0, 0.05) is 36.8 Å². The molecule has 6 nitrogen and oxygen atoms in total. The van der Waals surface area contributed by atoms with E-state index in [0.29, 0.717) is 5.82 Å². The number of amides is 1. The van der Waals surface area contributed by atoms with Crippen molar-refractivity contribution in [2.24, 2.45) is 5.92 Å². The third kappa shape index (κ3) is 2.96. The van der Waals surface area contributed by atoms with Crippen LogP contribution < -0.4 is 5.32 Å². The first-order valence-corrected chi connectivity index (χ1v) is 8.91. The van der Waals surface area contributed by atoms with Crippen LogP contribution in [0.2, 0.25) is 0 Å². The van der Waals surface area contributed by atoms with Gasteiger partial charge in [-0.25, -0.2) is 4.98 Å². The second-order valence-electron chi connectivity index (χ2n) is 5.53. The largest absolute Gasteiger partial charge is 0.335 e. The van der Waals surface area contributed by atoms with Gasteiger partial charge in [-0.15, -0.1) is 11.3 Å². The van der Waals surface area contributed by atoms with Crippen LogP contribution in [0.25, 0.3) is 10.6 Å². The lowest BCUT2D eigenvalue weighted by Gasteiger charge is -2.22. The number of H-pyrrole nitrogens is 1. The van der Waals surface area contributed by atoms with E-state index < -0.39 is 0 Å². The van der Waals surface area contributed by atoms with Crippen LogP contribution in [0.5, 0.6) is 0 Å². The predicted octanol–water partition coefficient (Wildman–Crippen LogP) is 3.30. The van der Waals surface area contributed by atoms with Crippen LogP contribution in [0.3, 0.4) is 0 Å². The minimum absolute atomic E-state index is 0.0165. The topological polar surface area (TPSA) is 75.6 Å². The molecule has 118 valence electrons. The molecule has 1 aliphatic rings. The van der Waals surface area contributed by atoms with Crippen molar-refractivity contribution in [1.82, 2.24) is 19.7 Å². The van der Waals surface area contributed by atoms with Gasteiger partial charge in [-0.1, -0.05) is 0 Å². The van der Waals surface area contributed by atoms with E-state index >= 15 is 0 Å². The number of anilines is 1. The fourth-order valence-corrected chi connectivity index (χ4v) is 4.14. The quantitative estimate of drug-likeness (QED) is 0.718. The molecule has 0 radical (unpaired) electrons. The van der Waals surface area contributed by atoms with Crippen molar-refractivity contribution in [3.63, 3.8) is 0 Å². The maximum atomic E-state index is 12.4. The number of hydrogen-bond acceptors (Lipinski definition) is 4. The molecule has 0 unspecified atom stereocenters. The third-order valence-corrected chi connectivity index (χ3v) is 5.67. The SMILES string of the molecule is O=C(Nc1cc(-c2ccc(Br)s2)[nH]n1)[C@H]1CCn2cncc2C1. The zero-order valence-corrected chi connectivity index (χ0v) is 14.5. The van der Waals surface area contributed by atoms with Crippen LogP contribution in [0.15, 0.2) is 34.5 Å². The molecule has 8 heteroatoms. The van der Waals surface area contributed by atoms with Gasteiger partial charge in [-0.3, -0.25) is 9.89 Å². The predicted molar refractivity (Wildman–Crippen MR) is 92.3 cm³/mol. The van der Waals surface area contributed by atoms with E-state index in [1.807, 2.05) is 30.7 Å². The summed E-state index contributed by atoms with van der Waals surface area (Å²) in [5.41, 5.74) is 2.01. The minimum atomic E-state index is -0.0322. The molecule has 1 amide bonds. The first kappa shape index (κ1) is 14.6. The average molecular weight is 392 g/mol. The lowest BCUT2D eigenvalue weighted by atomic mass is 9.95. The van der Waals surface area contributed by atoms with Gasteiger partial charge in [0.2, 0.25) is 5.91 Å². The van der Waals surface area contributed by atoms with Crippen LogP contribution in [0.4, 0.5) is 5.82 Å². The second kappa shape index (κ2) is 5.93. The van der Waals surface area contributed by atoms with E-state index in [4.69, 9.17) is 0 Å². The van der Waals surface area contributed by atoms with Crippen LogP contribution in [0, 0.1) is 5.92 Å². The van der Waals surface area contributed by atoms with Crippen LogP contribution in [0.1, 0.15) is 12.1 Å². The highest BCUT2D eigenvalue weighted by Gasteiger charge is 2.25. The zero-order chi connectivity index (χ0) is 15.8. The fourth-order valence-electron chi connectivity index (χ4n) is 2.79. The van der Waals surface area contributed by atoms with Crippen molar-refractivity contribution in [1.29, 1.82) is 0 Å². The van der Waals surface area contributed by atoms with Gasteiger partial charge < -0.3 is 9.88 Å². The van der Waals surface area contributed by atoms with E-state index in [9.17, 15) is 4.79 Å². The summed E-state index contributed by atoms with van der Waals surface area (Å²) in [6.45, 7) is 0.836. The van der Waals surface area contributed by atoms with Crippen molar-refractivity contribution >= 4 is 39.0 Å². The number of aryl methyl sites for hydroxylation is 1. The summed E-state index contributed by atoms with van der Waals surface area (Å²) in [7, 11) is 0. The molecule has 23 heavy (non-hydrogen) atoms. The molecule has 4 heterocycles. The van der Waals surface area contributed by atoms with Crippen molar-refractivity contribution < 1.29 is 4.79 Å². The van der Waals surface area contributed by atoms with Crippen LogP contribution in [-0.4, -0.2) is 25.7 Å². The number of aromatic nitrogens is 4. The molecule has 3 aromatic heterocycles. The summed E-state index contributed by atoms with van der Waals surface area (Å²) in [5, 5.41) is 10.1. The van der Waals surface area contributed by atoms with Gasteiger partial charge >= 0.3 is 0 Å². The molecule has 0 saturated carbocycles. The number of fused-ring (bicyclic) bond motifs is 1. The molecule has 0 aliphatic carbocycles. The summed E-state index contributed by atoms with van der Waals surface area (Å²) in [6, 6.07) is 5.86. The highest BCUT2D eigenvalue weighted by atomic mass is 79.9. The monoisotopic (exact) mass is 391 g/mol. The van der Waals surface area contributed by atoms with E-state index in [2.05, 4.69) is 41.0 Å². The normalized spacial score (nSPS) is 17.0. The van der Waals surface area contributed by atoms with Crippen molar-refractivity contribution in [3.05, 3.63) is 40.2 Å². The molecule has 1 atom stereocenters. The third-order valence-electron chi connectivity index (χ3n) is 4.01. The van der Waals surface area contributed by atoms with Gasteiger partial charge in [0.25, 0.3) is 0 Å². The summed E-state index contributed by atoms with van der Waals surface area (Å²) < 4.78 is 3.16. The number of hydrogen-bond donors (Lipinski definition) is 2. The smallest absolute Gasteiger partial charge is 0.229 e. The molecule has 0 fully saturated rings. The molecule has 1 aliphatic heterocycles. The molecule has 0 saturated heterocycles. The van der Waals surface area contributed by atoms with Crippen molar-refractivity contribution in [2.45, 2.75) is 19.4 Å². The first-order chi connectivity index (χ1) is 11.2. The van der Waals surface area contributed by atoms with Crippen LogP contribution >= 0.6 is 27.3 Å². The lowest BCUT2D eigenvalue weighted by molar-refractivity contribution is -0.120. The molecule has 0 aromatic carbocycles. The van der Waals surface area contributed by atoms with E-state index in [0.717, 1.165) is 39.4 Å². The van der Waals surface area contributed by atoms with Crippen LogP contribution in [-0.2, 0) is 17.8 Å². The van der Waals surface area contributed by atoms with Crippen molar-refractivity contribution in [3.8, 4) is 10.6 Å². The fraction of sp³-hybridized carbons (Fsp3) is 0.267. The Kier molecular flexibility index (Phi) is 3.78. The number of thiophene rings is 1. The number of imidazole rings is 1. The molecule has 2 N–H and O–H groups in total. The molecular weight excluding hydrogens is 378 g/mol. The summed E-state index contributed by atoms with van der Waals surface area (Å²) in [6.07, 6.45) is 5.20. The molecule has 3 aromatic rings. The molecule has 4 rings (SSSR count). The van der Waals surface area contributed by atoms with E-state index in [1.165, 1.54) is 0 Å². The van der Waals surface area contributed by atoms with Gasteiger partial charge in [0.1, 0.15) is 0 Å².